The lowest BCUT2D eigenvalue weighted by atomic mass is 10.2. The Hall–Kier alpha value is -1.46. The van der Waals surface area contributed by atoms with Crippen LogP contribution in [0.15, 0.2) is 24.3 Å². The molecule has 1 amide bonds. The molecule has 0 aliphatic carbocycles. The molecule has 1 fully saturated rings. The van der Waals surface area contributed by atoms with Crippen LogP contribution < -0.4 is 10.6 Å². The number of amides is 1. The van der Waals surface area contributed by atoms with Crippen LogP contribution in [0.25, 0.3) is 0 Å². The van der Waals surface area contributed by atoms with E-state index in [1.54, 1.807) is 12.1 Å². The summed E-state index contributed by atoms with van der Waals surface area (Å²) in [6, 6.07) is 6.05. The van der Waals surface area contributed by atoms with Crippen LogP contribution in [-0.4, -0.2) is 50.1 Å². The quantitative estimate of drug-likeness (QED) is 0.776. The highest BCUT2D eigenvalue weighted by Gasteiger charge is 2.11. The Kier molecular flexibility index (Phi) is 5.30. The Morgan fingerprint density at radius 3 is 2.79 bits per heavy atom. The molecule has 1 saturated heterocycles. The minimum absolute atomic E-state index is 0.115. The largest absolute Gasteiger partial charge is 0.352 e. The zero-order valence-corrected chi connectivity index (χ0v) is 11.0. The Labute approximate surface area is 113 Å². The molecule has 1 aliphatic rings. The average Bonchev–Trinajstić information content (AvgIpc) is 2.45. The first-order valence-corrected chi connectivity index (χ1v) is 6.73. The van der Waals surface area contributed by atoms with Crippen molar-refractivity contribution >= 4 is 5.91 Å². The van der Waals surface area contributed by atoms with Gasteiger partial charge in [-0.15, -0.1) is 0 Å². The lowest BCUT2D eigenvalue weighted by Crippen LogP contribution is -2.44. The van der Waals surface area contributed by atoms with Crippen LogP contribution in [0.4, 0.5) is 4.39 Å². The number of halogens is 1. The third-order valence-corrected chi connectivity index (χ3v) is 3.26. The molecule has 0 aromatic heterocycles. The van der Waals surface area contributed by atoms with Gasteiger partial charge < -0.3 is 15.5 Å². The molecule has 19 heavy (non-hydrogen) atoms. The van der Waals surface area contributed by atoms with Gasteiger partial charge in [0.05, 0.1) is 5.56 Å². The lowest BCUT2D eigenvalue weighted by Gasteiger charge is -2.27. The highest BCUT2D eigenvalue weighted by atomic mass is 19.1. The van der Waals surface area contributed by atoms with E-state index in [1.165, 1.54) is 12.1 Å². The summed E-state index contributed by atoms with van der Waals surface area (Å²) in [5.74, 6) is -0.805. The molecule has 4 nitrogen and oxygen atoms in total. The molecule has 1 aromatic rings. The molecule has 2 rings (SSSR count). The summed E-state index contributed by atoms with van der Waals surface area (Å²) in [7, 11) is 0. The van der Waals surface area contributed by atoms with Crippen molar-refractivity contribution in [2.75, 3.05) is 39.3 Å². The third kappa shape index (κ3) is 4.29. The first-order chi connectivity index (χ1) is 9.27. The number of hydrogen-bond donors (Lipinski definition) is 2. The normalized spacial score (nSPS) is 16.3. The van der Waals surface area contributed by atoms with Crippen LogP contribution in [0.1, 0.15) is 16.8 Å². The van der Waals surface area contributed by atoms with Crippen molar-refractivity contribution in [3.05, 3.63) is 35.6 Å². The van der Waals surface area contributed by atoms with Gasteiger partial charge >= 0.3 is 0 Å². The first kappa shape index (κ1) is 14.0. The molecule has 0 spiro atoms. The first-order valence-electron chi connectivity index (χ1n) is 6.73. The summed E-state index contributed by atoms with van der Waals surface area (Å²) in [5, 5.41) is 6.06. The number of nitrogens with zero attached hydrogens (tertiary/aromatic N) is 1. The molecule has 0 radical (unpaired) electrons. The Bertz CT molecular complexity index is 419. The molecule has 0 atom stereocenters. The monoisotopic (exact) mass is 265 g/mol. The van der Waals surface area contributed by atoms with Gasteiger partial charge in [-0.3, -0.25) is 4.79 Å². The fraction of sp³-hybridized carbons (Fsp3) is 0.500. The zero-order chi connectivity index (χ0) is 13.5. The number of carbonyl (C=O) groups excluding carboxylic acids is 1. The summed E-state index contributed by atoms with van der Waals surface area (Å²) in [5.41, 5.74) is 0.115. The molecule has 104 valence electrons. The predicted molar refractivity (Wildman–Crippen MR) is 72.7 cm³/mol. The second kappa shape index (κ2) is 7.21. The van der Waals surface area contributed by atoms with Crippen LogP contribution in [0.3, 0.4) is 0 Å². The topological polar surface area (TPSA) is 44.4 Å². The highest BCUT2D eigenvalue weighted by Crippen LogP contribution is 2.05. The van der Waals surface area contributed by atoms with E-state index >= 15 is 0 Å². The van der Waals surface area contributed by atoms with Crippen LogP contribution in [-0.2, 0) is 0 Å². The van der Waals surface area contributed by atoms with Gasteiger partial charge in [-0.2, -0.15) is 0 Å². The van der Waals surface area contributed by atoms with Crippen molar-refractivity contribution in [2.45, 2.75) is 6.42 Å². The number of benzene rings is 1. The lowest BCUT2D eigenvalue weighted by molar-refractivity contribution is 0.0947. The molecule has 0 unspecified atom stereocenters. The van der Waals surface area contributed by atoms with Crippen LogP contribution >= 0.6 is 0 Å². The van der Waals surface area contributed by atoms with Crippen molar-refractivity contribution in [3.63, 3.8) is 0 Å². The molecular formula is C14H20FN3O. The summed E-state index contributed by atoms with van der Waals surface area (Å²) in [4.78, 5) is 14.1. The van der Waals surface area contributed by atoms with Crippen molar-refractivity contribution in [2.24, 2.45) is 0 Å². The molecule has 1 heterocycles. The van der Waals surface area contributed by atoms with Gasteiger partial charge in [0, 0.05) is 32.7 Å². The Morgan fingerprint density at radius 1 is 1.32 bits per heavy atom. The van der Waals surface area contributed by atoms with E-state index in [1.807, 2.05) is 0 Å². The minimum Gasteiger partial charge on any atom is -0.352 e. The number of nitrogens with one attached hydrogen (secondary N) is 2. The summed E-state index contributed by atoms with van der Waals surface area (Å²) in [6.45, 7) is 5.72. The maximum Gasteiger partial charge on any atom is 0.254 e. The Balaban J connectivity index is 1.68. The molecule has 1 aromatic carbocycles. The molecular weight excluding hydrogens is 245 g/mol. The van der Waals surface area contributed by atoms with Crippen molar-refractivity contribution < 1.29 is 9.18 Å². The fourth-order valence-corrected chi connectivity index (χ4v) is 2.18. The standard InChI is InChI=1S/C14H20FN3O/c15-13-5-2-1-4-12(13)14(19)17-6-3-9-18-10-7-16-8-11-18/h1-2,4-5,16H,3,6-11H2,(H,17,19). The molecule has 0 saturated carbocycles. The minimum atomic E-state index is -0.470. The molecule has 0 bridgehead atoms. The van der Waals surface area contributed by atoms with E-state index in [0.29, 0.717) is 6.54 Å². The average molecular weight is 265 g/mol. The molecule has 1 aliphatic heterocycles. The van der Waals surface area contributed by atoms with Crippen molar-refractivity contribution in [1.82, 2.24) is 15.5 Å². The van der Waals surface area contributed by atoms with Gasteiger partial charge in [0.2, 0.25) is 0 Å². The fourth-order valence-electron chi connectivity index (χ4n) is 2.18. The second-order valence-corrected chi connectivity index (χ2v) is 4.68. The maximum absolute atomic E-state index is 13.4. The number of carbonyl (C=O) groups is 1. The van der Waals surface area contributed by atoms with Gasteiger partial charge in [0.1, 0.15) is 5.82 Å². The number of rotatable bonds is 5. The van der Waals surface area contributed by atoms with Crippen LogP contribution in [0, 0.1) is 5.82 Å². The maximum atomic E-state index is 13.4. The van der Waals surface area contributed by atoms with Gasteiger partial charge in [-0.25, -0.2) is 4.39 Å². The van der Waals surface area contributed by atoms with Gasteiger partial charge in [0.15, 0.2) is 0 Å². The van der Waals surface area contributed by atoms with Gasteiger partial charge in [-0.1, -0.05) is 12.1 Å². The molecule has 5 heteroatoms. The van der Waals surface area contributed by atoms with E-state index in [-0.39, 0.29) is 11.5 Å². The van der Waals surface area contributed by atoms with E-state index in [9.17, 15) is 9.18 Å². The smallest absolute Gasteiger partial charge is 0.254 e. The summed E-state index contributed by atoms with van der Waals surface area (Å²) in [6.07, 6.45) is 0.889. The van der Waals surface area contributed by atoms with Crippen molar-refractivity contribution in [3.8, 4) is 0 Å². The predicted octanol–water partition coefficient (Wildman–Crippen LogP) is 0.851. The van der Waals surface area contributed by atoms with Crippen molar-refractivity contribution in [1.29, 1.82) is 0 Å². The zero-order valence-electron chi connectivity index (χ0n) is 11.0. The van der Waals surface area contributed by atoms with Crippen LogP contribution in [0.2, 0.25) is 0 Å². The second-order valence-electron chi connectivity index (χ2n) is 4.68. The van der Waals surface area contributed by atoms with Gasteiger partial charge in [0.25, 0.3) is 5.91 Å². The van der Waals surface area contributed by atoms with E-state index in [2.05, 4.69) is 15.5 Å². The summed E-state index contributed by atoms with van der Waals surface area (Å²) >= 11 is 0. The van der Waals surface area contributed by atoms with E-state index in [0.717, 1.165) is 39.1 Å². The van der Waals surface area contributed by atoms with E-state index in [4.69, 9.17) is 0 Å². The van der Waals surface area contributed by atoms with Crippen LogP contribution in [0.5, 0.6) is 0 Å². The third-order valence-electron chi connectivity index (χ3n) is 3.26. The molecule has 2 N–H and O–H groups in total. The van der Waals surface area contributed by atoms with E-state index < -0.39 is 5.82 Å². The van der Waals surface area contributed by atoms with Gasteiger partial charge in [-0.05, 0) is 25.1 Å². The number of piperazine rings is 1. The number of hydrogen-bond acceptors (Lipinski definition) is 3. The summed E-state index contributed by atoms with van der Waals surface area (Å²) < 4.78 is 13.4. The SMILES string of the molecule is O=C(NCCCN1CCNCC1)c1ccccc1F. The Morgan fingerprint density at radius 2 is 2.05 bits per heavy atom. The highest BCUT2D eigenvalue weighted by molar-refractivity contribution is 5.94.